The summed E-state index contributed by atoms with van der Waals surface area (Å²) in [6.07, 6.45) is 8.73. The maximum atomic E-state index is 13.3. The average molecular weight is 405 g/mol. The Morgan fingerprint density at radius 2 is 2.00 bits per heavy atom. The number of phenols is 1. The van der Waals surface area contributed by atoms with E-state index in [0.29, 0.717) is 29.0 Å². The Labute approximate surface area is 173 Å². The van der Waals surface area contributed by atoms with Gasteiger partial charge in [0.2, 0.25) is 5.43 Å². The van der Waals surface area contributed by atoms with Crippen LogP contribution in [0, 0.1) is 0 Å². The van der Waals surface area contributed by atoms with Crippen LogP contribution in [0.4, 0.5) is 0 Å². The Balaban J connectivity index is 2.04. The van der Waals surface area contributed by atoms with Crippen LogP contribution in [0.1, 0.15) is 38.8 Å². The Morgan fingerprint density at radius 3 is 2.67 bits per heavy atom. The molecule has 2 N–H and O–H groups in total. The molecule has 0 fully saturated rings. The van der Waals surface area contributed by atoms with Crippen LogP contribution in [0.2, 0.25) is 0 Å². The molecule has 2 aromatic heterocycles. The van der Waals surface area contributed by atoms with Gasteiger partial charge in [-0.05, 0) is 58.4 Å². The van der Waals surface area contributed by atoms with E-state index >= 15 is 0 Å². The van der Waals surface area contributed by atoms with Gasteiger partial charge in [-0.1, -0.05) is 11.6 Å². The molecule has 0 aliphatic carbocycles. The number of aromatic hydroxyl groups is 2. The molecule has 0 atom stereocenters. The number of aromatic nitrogens is 1. The lowest BCUT2D eigenvalue weighted by Gasteiger charge is -2.30. The molecule has 1 aliphatic heterocycles. The van der Waals surface area contributed by atoms with E-state index in [1.165, 1.54) is 24.6 Å². The summed E-state index contributed by atoms with van der Waals surface area (Å²) < 4.78 is 12.0. The number of hydrogen-bond donors (Lipinski definition) is 2. The van der Waals surface area contributed by atoms with Crippen molar-refractivity contribution in [3.63, 3.8) is 0 Å². The van der Waals surface area contributed by atoms with Gasteiger partial charge < -0.3 is 19.4 Å². The molecule has 30 heavy (non-hydrogen) atoms. The lowest BCUT2D eigenvalue weighted by molar-refractivity contribution is 0.157. The summed E-state index contributed by atoms with van der Waals surface area (Å²) in [5.74, 6) is 0.361. The van der Waals surface area contributed by atoms with Crippen molar-refractivity contribution in [3.05, 3.63) is 63.7 Å². The second-order valence-electron chi connectivity index (χ2n) is 8.18. The zero-order valence-corrected chi connectivity index (χ0v) is 17.3. The molecule has 0 spiro atoms. The zero-order valence-electron chi connectivity index (χ0n) is 17.3. The van der Waals surface area contributed by atoms with Crippen molar-refractivity contribution in [2.75, 3.05) is 0 Å². The molecule has 3 heterocycles. The van der Waals surface area contributed by atoms with Crippen molar-refractivity contribution in [1.29, 1.82) is 0 Å². The molecule has 0 radical (unpaired) electrons. The highest BCUT2D eigenvalue weighted by Gasteiger charge is 2.30. The number of fused-ring (bicyclic) bond motifs is 3. The Bertz CT molecular complexity index is 1260. The lowest BCUT2D eigenvalue weighted by atomic mass is 9.94. The van der Waals surface area contributed by atoms with Crippen LogP contribution in [0.25, 0.3) is 28.3 Å². The molecule has 1 aromatic carbocycles. The number of hydrogen-bond acceptors (Lipinski definition) is 6. The topological polar surface area (TPSA) is 92.8 Å². The van der Waals surface area contributed by atoms with Gasteiger partial charge in [0, 0.05) is 5.56 Å². The molecule has 3 aromatic rings. The third kappa shape index (κ3) is 3.34. The first-order valence-electron chi connectivity index (χ1n) is 9.68. The number of ether oxygens (including phenoxy) is 1. The molecule has 0 saturated heterocycles. The molecular weight excluding hydrogens is 382 g/mol. The van der Waals surface area contributed by atoms with E-state index in [1.807, 2.05) is 45.9 Å². The third-order valence-corrected chi connectivity index (χ3v) is 5.03. The van der Waals surface area contributed by atoms with E-state index in [4.69, 9.17) is 9.15 Å². The summed E-state index contributed by atoms with van der Waals surface area (Å²) >= 11 is 0. The minimum Gasteiger partial charge on any atom is -0.507 e. The lowest BCUT2D eigenvalue weighted by Crippen LogP contribution is -2.28. The van der Waals surface area contributed by atoms with E-state index in [1.54, 1.807) is 0 Å². The van der Waals surface area contributed by atoms with Crippen LogP contribution in [-0.2, 0) is 6.42 Å². The van der Waals surface area contributed by atoms with Crippen LogP contribution in [0.15, 0.2) is 51.5 Å². The smallest absolute Gasteiger partial charge is 0.205 e. The van der Waals surface area contributed by atoms with Crippen molar-refractivity contribution in [3.8, 4) is 28.5 Å². The molecule has 0 bridgehead atoms. The first-order chi connectivity index (χ1) is 14.2. The highest BCUT2D eigenvalue weighted by molar-refractivity contribution is 5.97. The van der Waals surface area contributed by atoms with Crippen LogP contribution in [0.5, 0.6) is 17.2 Å². The van der Waals surface area contributed by atoms with Gasteiger partial charge >= 0.3 is 0 Å². The second kappa shape index (κ2) is 7.06. The predicted octanol–water partition coefficient (Wildman–Crippen LogP) is 4.96. The molecule has 0 unspecified atom stereocenters. The van der Waals surface area contributed by atoms with Crippen molar-refractivity contribution in [2.24, 2.45) is 0 Å². The molecule has 154 valence electrons. The highest BCUT2D eigenvalue weighted by atomic mass is 16.5. The predicted molar refractivity (Wildman–Crippen MR) is 116 cm³/mol. The summed E-state index contributed by atoms with van der Waals surface area (Å²) in [7, 11) is 0. The van der Waals surface area contributed by atoms with E-state index in [2.05, 4.69) is 4.98 Å². The van der Waals surface area contributed by atoms with Crippen molar-refractivity contribution in [2.45, 2.75) is 39.7 Å². The highest BCUT2D eigenvalue weighted by Crippen LogP contribution is 2.44. The summed E-state index contributed by atoms with van der Waals surface area (Å²) in [6, 6.07) is 2.97. The Morgan fingerprint density at radius 1 is 1.23 bits per heavy atom. The number of phenolic OH excluding ortho intramolecular Hbond substituents is 1. The van der Waals surface area contributed by atoms with Crippen LogP contribution >= 0.6 is 0 Å². The number of rotatable bonds is 3. The Hall–Kier alpha value is -3.54. The number of allylic oxidation sites excluding steroid dienone is 2. The van der Waals surface area contributed by atoms with Crippen molar-refractivity contribution in [1.82, 2.24) is 4.98 Å². The maximum absolute atomic E-state index is 13.3. The zero-order chi connectivity index (χ0) is 21.6. The number of nitrogens with zero attached hydrogens (tertiary/aromatic N) is 1. The fourth-order valence-corrected chi connectivity index (χ4v) is 3.47. The molecule has 0 saturated carbocycles. The van der Waals surface area contributed by atoms with Crippen LogP contribution in [-0.4, -0.2) is 20.8 Å². The van der Waals surface area contributed by atoms with Gasteiger partial charge in [-0.15, -0.1) is 0 Å². The normalized spacial score (nSPS) is 14.3. The first kappa shape index (κ1) is 19.8. The number of benzene rings is 1. The third-order valence-electron chi connectivity index (χ3n) is 5.03. The standard InChI is InChI=1S/C24H23NO5/c1-13(2)5-7-15-20(27)19-21(28)17(18-8-6-14(26)11-25-18)12-29-23(19)16-9-10-24(3,4)30-22(15)16/h5-6,8-12,26-27H,7H2,1-4H3. The average Bonchev–Trinajstić information content (AvgIpc) is 2.67. The SMILES string of the molecule is CC(C)=CCc1c2c(c3occ(-c4ccc(O)cn4)c(=O)c3c1O)C=CC(C)(C)O2. The van der Waals surface area contributed by atoms with Crippen molar-refractivity contribution >= 4 is 17.0 Å². The van der Waals surface area contributed by atoms with Gasteiger partial charge in [0.15, 0.2) is 5.58 Å². The molecule has 1 aliphatic rings. The van der Waals surface area contributed by atoms with E-state index in [0.717, 1.165) is 5.57 Å². The van der Waals surface area contributed by atoms with Crippen molar-refractivity contribution < 1.29 is 19.4 Å². The second-order valence-corrected chi connectivity index (χ2v) is 8.18. The quantitative estimate of drug-likeness (QED) is 0.599. The fourth-order valence-electron chi connectivity index (χ4n) is 3.47. The van der Waals surface area contributed by atoms with Gasteiger partial charge in [0.1, 0.15) is 34.5 Å². The van der Waals surface area contributed by atoms with Gasteiger partial charge in [-0.25, -0.2) is 0 Å². The van der Waals surface area contributed by atoms with Gasteiger partial charge in [0.25, 0.3) is 0 Å². The maximum Gasteiger partial charge on any atom is 0.205 e. The van der Waals surface area contributed by atoms with E-state index < -0.39 is 11.0 Å². The monoisotopic (exact) mass is 405 g/mol. The largest absolute Gasteiger partial charge is 0.507 e. The molecule has 0 amide bonds. The molecule has 4 rings (SSSR count). The van der Waals surface area contributed by atoms with Crippen LogP contribution < -0.4 is 10.2 Å². The minimum atomic E-state index is -0.553. The van der Waals surface area contributed by atoms with Gasteiger partial charge in [-0.3, -0.25) is 9.78 Å². The van der Waals surface area contributed by atoms with E-state index in [9.17, 15) is 15.0 Å². The van der Waals surface area contributed by atoms with Gasteiger partial charge in [-0.2, -0.15) is 0 Å². The Kier molecular flexibility index (Phi) is 4.65. The van der Waals surface area contributed by atoms with Gasteiger partial charge in [0.05, 0.1) is 23.0 Å². The molecular formula is C24H23NO5. The summed E-state index contributed by atoms with van der Waals surface area (Å²) in [5.41, 5.74) is 2.12. The summed E-state index contributed by atoms with van der Waals surface area (Å²) in [4.78, 5) is 17.4. The summed E-state index contributed by atoms with van der Waals surface area (Å²) in [6.45, 7) is 7.79. The summed E-state index contributed by atoms with van der Waals surface area (Å²) in [5, 5.41) is 20.7. The number of pyridine rings is 1. The van der Waals surface area contributed by atoms with E-state index in [-0.39, 0.29) is 28.0 Å². The molecule has 6 heteroatoms. The minimum absolute atomic E-state index is 0.00486. The molecule has 6 nitrogen and oxygen atoms in total. The van der Waals surface area contributed by atoms with Crippen LogP contribution in [0.3, 0.4) is 0 Å². The first-order valence-corrected chi connectivity index (χ1v) is 9.68. The fraction of sp³-hybridized carbons (Fsp3) is 0.250.